The summed E-state index contributed by atoms with van der Waals surface area (Å²) < 4.78 is 21.7. The van der Waals surface area contributed by atoms with Gasteiger partial charge in [-0.15, -0.1) is 0 Å². The molecule has 2 nitrogen and oxygen atoms in total. The zero-order chi connectivity index (χ0) is 14.5. The maximum atomic E-state index is 7.98. The van der Waals surface area contributed by atoms with E-state index in [4.69, 9.17) is 7.48 Å². The van der Waals surface area contributed by atoms with Crippen LogP contribution in [-0.4, -0.2) is 19.2 Å². The quantitative estimate of drug-likeness (QED) is 0.785. The lowest BCUT2D eigenvalue weighted by Gasteiger charge is -2.11. The van der Waals surface area contributed by atoms with Crippen LogP contribution in [0.4, 0.5) is 0 Å². The van der Waals surface area contributed by atoms with E-state index in [2.05, 4.69) is 19.2 Å². The topological polar surface area (TPSA) is 21.3 Å². The van der Waals surface area contributed by atoms with E-state index >= 15 is 0 Å². The van der Waals surface area contributed by atoms with Gasteiger partial charge in [-0.3, -0.25) is 0 Å². The van der Waals surface area contributed by atoms with Gasteiger partial charge in [0, 0.05) is 11.4 Å². The highest BCUT2D eigenvalue weighted by Gasteiger charge is 2.00. The zero-order valence-electron chi connectivity index (χ0n) is 13.0. The highest BCUT2D eigenvalue weighted by Crippen LogP contribution is 2.24. The lowest BCUT2D eigenvalue weighted by molar-refractivity contribution is 0.309. The predicted octanol–water partition coefficient (Wildman–Crippen LogP) is 3.61. The minimum absolute atomic E-state index is 0.283. The van der Waals surface area contributed by atoms with Crippen molar-refractivity contribution in [3.63, 3.8) is 0 Å². The Bertz CT molecular complexity index is 584. The van der Waals surface area contributed by atoms with Crippen molar-refractivity contribution < 1.29 is 7.48 Å². The maximum Gasteiger partial charge on any atom is 0.127 e. The first-order valence-corrected chi connectivity index (χ1v) is 6.44. The number of rotatable bonds is 6. The van der Waals surface area contributed by atoms with Gasteiger partial charge in [0.25, 0.3) is 0 Å². The maximum absolute atomic E-state index is 7.98. The SMILES string of the molecule is [2H]c1cc([2H])c2ccccc2c1OCCCNC(C)C. The number of ether oxygens (including phenoxy) is 1. The van der Waals surface area contributed by atoms with E-state index in [-0.39, 0.29) is 6.04 Å². The first-order chi connectivity index (χ1) is 9.59. The largest absolute Gasteiger partial charge is 0.493 e. The molecule has 2 aromatic rings. The molecule has 1 N–H and O–H groups in total. The second kappa shape index (κ2) is 6.41. The minimum atomic E-state index is 0.283. The summed E-state index contributed by atoms with van der Waals surface area (Å²) in [5.41, 5.74) is 0. The summed E-state index contributed by atoms with van der Waals surface area (Å²) in [6, 6.07) is 10.3. The van der Waals surface area contributed by atoms with E-state index in [9.17, 15) is 0 Å². The number of hydrogen-bond acceptors (Lipinski definition) is 2. The van der Waals surface area contributed by atoms with Gasteiger partial charge < -0.3 is 10.1 Å². The van der Waals surface area contributed by atoms with Crippen molar-refractivity contribution in [3.8, 4) is 5.75 Å². The van der Waals surface area contributed by atoms with Crippen LogP contribution in [0.15, 0.2) is 42.4 Å². The predicted molar refractivity (Wildman–Crippen MR) is 77.2 cm³/mol. The molecule has 18 heavy (non-hydrogen) atoms. The van der Waals surface area contributed by atoms with Gasteiger partial charge in [0.05, 0.1) is 9.35 Å². The van der Waals surface area contributed by atoms with Crippen LogP contribution in [0.25, 0.3) is 10.8 Å². The van der Waals surface area contributed by atoms with E-state index in [0.29, 0.717) is 24.4 Å². The molecule has 0 amide bonds. The molecular formula is C16H21NO. The molecule has 0 aliphatic heterocycles. The third-order valence-corrected chi connectivity index (χ3v) is 2.72. The third kappa shape index (κ3) is 3.47. The summed E-state index contributed by atoms with van der Waals surface area (Å²) in [5.74, 6) is 0.584. The summed E-state index contributed by atoms with van der Waals surface area (Å²) in [4.78, 5) is 0. The molecule has 2 rings (SSSR count). The fraction of sp³-hybridized carbons (Fsp3) is 0.375. The molecule has 96 valence electrons. The molecule has 2 heteroatoms. The van der Waals surface area contributed by atoms with E-state index in [1.165, 1.54) is 0 Å². The molecule has 0 atom stereocenters. The van der Waals surface area contributed by atoms with Gasteiger partial charge in [0.15, 0.2) is 0 Å². The number of nitrogens with one attached hydrogen (secondary N) is 1. The second-order valence-corrected chi connectivity index (χ2v) is 4.62. The van der Waals surface area contributed by atoms with Gasteiger partial charge in [0.1, 0.15) is 5.75 Å². The van der Waals surface area contributed by atoms with E-state index < -0.39 is 0 Å². The molecule has 0 aromatic heterocycles. The van der Waals surface area contributed by atoms with Gasteiger partial charge in [-0.2, -0.15) is 0 Å². The molecule has 0 saturated heterocycles. The lowest BCUT2D eigenvalue weighted by atomic mass is 10.1. The van der Waals surface area contributed by atoms with Gasteiger partial charge >= 0.3 is 0 Å². The number of fused-ring (bicyclic) bond motifs is 1. The average molecular weight is 245 g/mol. The monoisotopic (exact) mass is 245 g/mol. The first-order valence-electron chi connectivity index (χ1n) is 7.44. The Kier molecular flexibility index (Phi) is 3.70. The summed E-state index contributed by atoms with van der Waals surface area (Å²) in [7, 11) is 0. The lowest BCUT2D eigenvalue weighted by Crippen LogP contribution is -2.24. The van der Waals surface area contributed by atoms with Crippen LogP contribution in [-0.2, 0) is 0 Å². The molecule has 0 radical (unpaired) electrons. The number of benzene rings is 2. The molecular weight excluding hydrogens is 222 g/mol. The smallest absolute Gasteiger partial charge is 0.127 e. The van der Waals surface area contributed by atoms with Gasteiger partial charge in [-0.1, -0.05) is 50.2 Å². The van der Waals surface area contributed by atoms with Crippen molar-refractivity contribution in [3.05, 3.63) is 42.4 Å². The molecule has 0 unspecified atom stereocenters. The molecule has 2 aromatic carbocycles. The van der Waals surface area contributed by atoms with Gasteiger partial charge in [-0.05, 0) is 24.4 Å². The molecule has 0 fully saturated rings. The van der Waals surface area contributed by atoms with E-state index in [1.807, 2.05) is 24.3 Å². The summed E-state index contributed by atoms with van der Waals surface area (Å²) in [6.07, 6.45) is 0.897. The van der Waals surface area contributed by atoms with Crippen molar-refractivity contribution in [1.29, 1.82) is 0 Å². The Morgan fingerprint density at radius 1 is 1.22 bits per heavy atom. The van der Waals surface area contributed by atoms with Crippen LogP contribution in [0, 0.1) is 0 Å². The Morgan fingerprint density at radius 3 is 2.89 bits per heavy atom. The molecule has 0 saturated carbocycles. The summed E-state index contributed by atoms with van der Waals surface area (Å²) in [5, 5.41) is 5.02. The second-order valence-electron chi connectivity index (χ2n) is 4.62. The normalized spacial score (nSPS) is 12.6. The van der Waals surface area contributed by atoms with Crippen LogP contribution in [0.1, 0.15) is 23.0 Å². The van der Waals surface area contributed by atoms with E-state index in [0.717, 1.165) is 23.7 Å². The van der Waals surface area contributed by atoms with Crippen molar-refractivity contribution >= 4 is 10.8 Å². The Hall–Kier alpha value is -1.54. The molecule has 0 spiro atoms. The highest BCUT2D eigenvalue weighted by molar-refractivity contribution is 5.88. The van der Waals surface area contributed by atoms with Crippen LogP contribution in [0.2, 0.25) is 0 Å². The molecule has 0 aliphatic rings. The zero-order valence-corrected chi connectivity index (χ0v) is 11.0. The van der Waals surface area contributed by atoms with Gasteiger partial charge in [-0.25, -0.2) is 0 Å². The van der Waals surface area contributed by atoms with Crippen LogP contribution >= 0.6 is 0 Å². The van der Waals surface area contributed by atoms with Crippen molar-refractivity contribution in [2.24, 2.45) is 0 Å². The standard InChI is InChI=1S/C16H21NO/c1-13(2)17-11-6-12-18-16-10-5-8-14-7-3-4-9-15(14)16/h3-5,7-10,13,17H,6,11-12H2,1-2H3/i8D,10D. The average Bonchev–Trinajstić information content (AvgIpc) is 2.41. The summed E-state index contributed by atoms with van der Waals surface area (Å²) in [6.45, 7) is 5.71. The molecule has 0 bridgehead atoms. The Balaban J connectivity index is 2.10. The Morgan fingerprint density at radius 2 is 2.06 bits per heavy atom. The molecule has 0 heterocycles. The van der Waals surface area contributed by atoms with Crippen LogP contribution in [0.3, 0.4) is 0 Å². The third-order valence-electron chi connectivity index (χ3n) is 2.72. The van der Waals surface area contributed by atoms with E-state index in [1.54, 1.807) is 6.07 Å². The minimum Gasteiger partial charge on any atom is -0.493 e. The molecule has 0 aliphatic carbocycles. The fourth-order valence-corrected chi connectivity index (χ4v) is 1.82. The van der Waals surface area contributed by atoms with Crippen LogP contribution in [0.5, 0.6) is 5.75 Å². The van der Waals surface area contributed by atoms with Crippen molar-refractivity contribution in [2.75, 3.05) is 13.2 Å². The fourth-order valence-electron chi connectivity index (χ4n) is 1.82. The van der Waals surface area contributed by atoms with Gasteiger partial charge in [0.2, 0.25) is 0 Å². The van der Waals surface area contributed by atoms with Crippen molar-refractivity contribution in [1.82, 2.24) is 5.32 Å². The highest BCUT2D eigenvalue weighted by atomic mass is 16.5. The van der Waals surface area contributed by atoms with Crippen LogP contribution < -0.4 is 10.1 Å². The van der Waals surface area contributed by atoms with Crippen molar-refractivity contribution in [2.45, 2.75) is 26.3 Å². The summed E-state index contributed by atoms with van der Waals surface area (Å²) >= 11 is 0. The number of hydrogen-bond donors (Lipinski definition) is 1. The first kappa shape index (κ1) is 10.4. The Labute approximate surface area is 112 Å².